The van der Waals surface area contributed by atoms with Crippen molar-refractivity contribution in [2.75, 3.05) is 18.0 Å². The number of carbonyl (C=O) groups is 1. The smallest absolute Gasteiger partial charge is 0.415 e. The molecular formula is C25H20N8O2. The number of fused-ring (bicyclic) bond motifs is 4. The lowest BCUT2D eigenvalue weighted by molar-refractivity contribution is 0.117. The number of ether oxygens (including phenoxy) is 1. The summed E-state index contributed by atoms with van der Waals surface area (Å²) < 4.78 is 7.31. The Morgan fingerprint density at radius 1 is 1.23 bits per heavy atom. The molecule has 5 atom stereocenters. The Kier molecular flexibility index (Phi) is 4.01. The van der Waals surface area contributed by atoms with Gasteiger partial charge in [-0.15, -0.1) is 10.1 Å². The molecule has 3 fully saturated rings. The number of benzene rings is 1. The molecule has 1 aliphatic carbocycles. The van der Waals surface area contributed by atoms with Crippen LogP contribution in [0.5, 0.6) is 0 Å². The van der Waals surface area contributed by atoms with Gasteiger partial charge in [-0.2, -0.15) is 16.8 Å². The first-order valence-electron chi connectivity index (χ1n) is 11.6. The predicted molar refractivity (Wildman–Crippen MR) is 122 cm³/mol. The van der Waals surface area contributed by atoms with E-state index in [1.165, 1.54) is 0 Å². The summed E-state index contributed by atoms with van der Waals surface area (Å²) in [6, 6.07) is 12.5. The molecule has 7 rings (SSSR count). The number of rotatable bonds is 4. The SMILES string of the molecule is [C-]#[N+]N1C[C@@H]2[C@H](C1)C2(C#N)c1ccc(-c2ccc3c(c2)C[C@H]2[C@H](Cn4ccnn4)OC(=O)N32)cn1. The van der Waals surface area contributed by atoms with E-state index in [4.69, 9.17) is 16.3 Å². The maximum absolute atomic E-state index is 12.6. The standard InChI is InChI=1S/C25H20N8O2/c1-27-32-11-18-19(12-32)25(18,14-26)23-5-3-16(10-28-23)15-2-4-20-17(8-15)9-21-22(35-24(34)33(20)21)13-31-7-6-29-30-31/h2-8,10,18-19,21-22H,9,11-13H2/t18-,19+,21-,22-,25?/m0/s1. The summed E-state index contributed by atoms with van der Waals surface area (Å²) in [6.07, 6.45) is 5.29. The van der Waals surface area contributed by atoms with E-state index in [0.29, 0.717) is 26.1 Å². The third-order valence-electron chi connectivity index (χ3n) is 8.02. The summed E-state index contributed by atoms with van der Waals surface area (Å²) in [5.41, 5.74) is 4.19. The first-order chi connectivity index (χ1) is 17.1. The monoisotopic (exact) mass is 464 g/mol. The number of nitrogens with zero attached hydrogens (tertiary/aromatic N) is 8. The number of pyridine rings is 1. The van der Waals surface area contributed by atoms with Gasteiger partial charge in [0.25, 0.3) is 0 Å². The van der Waals surface area contributed by atoms with Crippen LogP contribution in [0.2, 0.25) is 0 Å². The molecule has 3 aliphatic heterocycles. The lowest BCUT2D eigenvalue weighted by Gasteiger charge is -2.16. The summed E-state index contributed by atoms with van der Waals surface area (Å²) in [5.74, 6) is 0.359. The Hall–Kier alpha value is -4.44. The van der Waals surface area contributed by atoms with E-state index < -0.39 is 5.41 Å². The molecule has 10 nitrogen and oxygen atoms in total. The summed E-state index contributed by atoms with van der Waals surface area (Å²) in [5, 5.41) is 19.5. The van der Waals surface area contributed by atoms with Gasteiger partial charge in [-0.1, -0.05) is 17.3 Å². The number of aromatic nitrogens is 4. The summed E-state index contributed by atoms with van der Waals surface area (Å²) in [6.45, 7) is 8.94. The van der Waals surface area contributed by atoms with Crippen molar-refractivity contribution in [2.24, 2.45) is 11.8 Å². The van der Waals surface area contributed by atoms with Gasteiger partial charge in [-0.3, -0.25) is 9.88 Å². The molecule has 2 aromatic heterocycles. The third kappa shape index (κ3) is 2.74. The van der Waals surface area contributed by atoms with Crippen LogP contribution in [0.1, 0.15) is 11.3 Å². The highest BCUT2D eigenvalue weighted by Gasteiger charge is 2.72. The number of carbonyl (C=O) groups excluding carboxylic acids is 1. The largest absolute Gasteiger partial charge is 0.442 e. The fourth-order valence-electron chi connectivity index (χ4n) is 6.23. The van der Waals surface area contributed by atoms with Gasteiger partial charge in [-0.25, -0.2) is 9.48 Å². The van der Waals surface area contributed by atoms with Gasteiger partial charge >= 0.3 is 6.09 Å². The summed E-state index contributed by atoms with van der Waals surface area (Å²) >= 11 is 0. The molecule has 0 N–H and O–H groups in total. The van der Waals surface area contributed by atoms with Crippen molar-refractivity contribution >= 4 is 11.8 Å². The topological polar surface area (TPSA) is 105 Å². The minimum absolute atomic E-state index is 0.0720. The fourth-order valence-corrected chi connectivity index (χ4v) is 6.23. The molecule has 172 valence electrons. The van der Waals surface area contributed by atoms with Gasteiger partial charge in [0.2, 0.25) is 0 Å². The number of hydrogen-bond donors (Lipinski definition) is 0. The zero-order chi connectivity index (χ0) is 23.7. The number of cyclic esters (lactones) is 1. The Bertz CT molecular complexity index is 1410. The van der Waals surface area contributed by atoms with Crippen LogP contribution in [0.4, 0.5) is 10.5 Å². The third-order valence-corrected chi connectivity index (χ3v) is 8.02. The van der Waals surface area contributed by atoms with Crippen molar-refractivity contribution in [3.63, 3.8) is 0 Å². The van der Waals surface area contributed by atoms with Crippen LogP contribution in [-0.4, -0.2) is 56.3 Å². The van der Waals surface area contributed by atoms with Gasteiger partial charge in [0, 0.05) is 29.8 Å². The highest BCUT2D eigenvalue weighted by Crippen LogP contribution is 2.62. The van der Waals surface area contributed by atoms with Crippen LogP contribution in [0.25, 0.3) is 16.1 Å². The summed E-state index contributed by atoms with van der Waals surface area (Å²) in [4.78, 5) is 22.5. The van der Waals surface area contributed by atoms with Crippen LogP contribution in [0.3, 0.4) is 0 Å². The predicted octanol–water partition coefficient (Wildman–Crippen LogP) is 2.45. The highest BCUT2D eigenvalue weighted by molar-refractivity contribution is 5.94. The molecule has 4 aliphatic rings. The molecule has 1 saturated carbocycles. The number of nitriles is 1. The molecule has 1 amide bonds. The fraction of sp³-hybridized carbons (Fsp3) is 0.360. The molecule has 0 radical (unpaired) electrons. The Morgan fingerprint density at radius 2 is 2.06 bits per heavy atom. The zero-order valence-corrected chi connectivity index (χ0v) is 18.7. The van der Waals surface area contributed by atoms with Crippen molar-refractivity contribution in [3.8, 4) is 17.2 Å². The second-order valence-corrected chi connectivity index (χ2v) is 9.63. The van der Waals surface area contributed by atoms with Crippen molar-refractivity contribution in [1.82, 2.24) is 25.0 Å². The van der Waals surface area contributed by atoms with E-state index in [0.717, 1.165) is 28.1 Å². The number of piperidine rings is 1. The molecule has 35 heavy (non-hydrogen) atoms. The number of hydrogen-bond acceptors (Lipinski definition) is 7. The van der Waals surface area contributed by atoms with Gasteiger partial charge in [0.05, 0.1) is 49.3 Å². The molecule has 5 heterocycles. The second kappa shape index (κ2) is 7.03. The minimum Gasteiger partial charge on any atom is -0.442 e. The number of amides is 1. The highest BCUT2D eigenvalue weighted by atomic mass is 16.6. The van der Waals surface area contributed by atoms with Crippen LogP contribution in [0, 0.1) is 29.7 Å². The zero-order valence-electron chi connectivity index (χ0n) is 18.7. The lowest BCUT2D eigenvalue weighted by Crippen LogP contribution is -2.35. The van der Waals surface area contributed by atoms with Crippen molar-refractivity contribution < 1.29 is 9.53 Å². The average Bonchev–Trinajstić information content (AvgIpc) is 3.47. The molecule has 1 unspecified atom stereocenters. The molecule has 2 saturated heterocycles. The van der Waals surface area contributed by atoms with Gasteiger partial charge in [-0.05, 0) is 35.7 Å². The second-order valence-electron chi connectivity index (χ2n) is 9.63. The Morgan fingerprint density at radius 3 is 2.74 bits per heavy atom. The Labute approximate surface area is 201 Å². The van der Waals surface area contributed by atoms with Gasteiger partial charge in [0.1, 0.15) is 11.5 Å². The number of anilines is 1. The minimum atomic E-state index is -0.568. The molecule has 3 aromatic rings. The van der Waals surface area contributed by atoms with Crippen LogP contribution in [0.15, 0.2) is 48.9 Å². The van der Waals surface area contributed by atoms with E-state index in [-0.39, 0.29) is 30.1 Å². The Balaban J connectivity index is 1.12. The summed E-state index contributed by atoms with van der Waals surface area (Å²) in [7, 11) is 0. The first kappa shape index (κ1) is 20.0. The van der Waals surface area contributed by atoms with Crippen molar-refractivity contribution in [3.05, 3.63) is 71.7 Å². The molecule has 0 bridgehead atoms. The quantitative estimate of drug-likeness (QED) is 0.546. The van der Waals surface area contributed by atoms with Gasteiger partial charge < -0.3 is 4.74 Å². The van der Waals surface area contributed by atoms with E-state index in [9.17, 15) is 10.1 Å². The van der Waals surface area contributed by atoms with Crippen molar-refractivity contribution in [1.29, 1.82) is 5.26 Å². The molecule has 10 heteroatoms. The van der Waals surface area contributed by atoms with E-state index in [1.807, 2.05) is 30.5 Å². The van der Waals surface area contributed by atoms with Crippen LogP contribution in [-0.2, 0) is 23.1 Å². The molecule has 1 aromatic carbocycles. The van der Waals surface area contributed by atoms with E-state index in [2.05, 4.69) is 27.4 Å². The van der Waals surface area contributed by atoms with Crippen LogP contribution >= 0.6 is 0 Å². The maximum atomic E-state index is 12.6. The van der Waals surface area contributed by atoms with Gasteiger partial charge in [0.15, 0.2) is 0 Å². The average molecular weight is 464 g/mol. The van der Waals surface area contributed by atoms with Crippen molar-refractivity contribution in [2.45, 2.75) is 30.5 Å². The normalized spacial score (nSPS) is 29.7. The first-order valence-corrected chi connectivity index (χ1v) is 11.6. The molecule has 0 spiro atoms. The maximum Gasteiger partial charge on any atom is 0.415 e. The van der Waals surface area contributed by atoms with E-state index in [1.54, 1.807) is 27.0 Å². The lowest BCUT2D eigenvalue weighted by atomic mass is 9.95. The van der Waals surface area contributed by atoms with E-state index >= 15 is 0 Å². The molecular weight excluding hydrogens is 444 g/mol. The van der Waals surface area contributed by atoms with Crippen LogP contribution < -0.4 is 4.90 Å².